The van der Waals surface area contributed by atoms with Crippen LogP contribution >= 0.6 is 0 Å². The van der Waals surface area contributed by atoms with Crippen molar-refractivity contribution in [1.29, 1.82) is 0 Å². The number of alkyl halides is 3. The third-order valence-corrected chi connectivity index (χ3v) is 3.10. The van der Waals surface area contributed by atoms with Crippen LogP contribution in [-0.2, 0) is 10.9 Å². The molecular weight excluding hydrogens is 245 g/mol. The number of nitrogens with two attached hydrogens (primary N) is 1. The first-order valence-electron chi connectivity index (χ1n) is 5.87. The molecule has 0 aromatic carbocycles. The van der Waals surface area contributed by atoms with Gasteiger partial charge in [0.25, 0.3) is 0 Å². The van der Waals surface area contributed by atoms with Crippen LogP contribution in [0, 0.1) is 0 Å². The Hall–Kier alpha value is -1.14. The van der Waals surface area contributed by atoms with E-state index in [1.54, 1.807) is 0 Å². The lowest BCUT2D eigenvalue weighted by Crippen LogP contribution is -2.22. The molecule has 0 amide bonds. The minimum absolute atomic E-state index is 0.0405. The molecule has 18 heavy (non-hydrogen) atoms. The van der Waals surface area contributed by atoms with Crippen molar-refractivity contribution in [2.75, 3.05) is 6.61 Å². The number of rotatable bonds is 3. The Morgan fingerprint density at radius 3 is 2.89 bits per heavy atom. The van der Waals surface area contributed by atoms with Crippen LogP contribution in [0.3, 0.4) is 0 Å². The fourth-order valence-electron chi connectivity index (χ4n) is 2.20. The number of nitrogens with zero attached hydrogens (tertiary/aromatic N) is 1. The molecule has 6 heteroatoms. The maximum absolute atomic E-state index is 12.8. The highest BCUT2D eigenvalue weighted by molar-refractivity contribution is 5.29. The third kappa shape index (κ3) is 3.00. The summed E-state index contributed by atoms with van der Waals surface area (Å²) in [6, 6.07) is 0.267. The molecule has 2 N–H and O–H groups in total. The van der Waals surface area contributed by atoms with Crippen molar-refractivity contribution in [3.63, 3.8) is 0 Å². The van der Waals surface area contributed by atoms with Crippen LogP contribution in [0.2, 0.25) is 0 Å². The van der Waals surface area contributed by atoms with Gasteiger partial charge in [0.2, 0.25) is 0 Å². The van der Waals surface area contributed by atoms with Gasteiger partial charge in [-0.15, -0.1) is 0 Å². The van der Waals surface area contributed by atoms with Crippen LogP contribution in [-0.4, -0.2) is 17.7 Å². The van der Waals surface area contributed by atoms with E-state index in [1.807, 2.05) is 0 Å². The van der Waals surface area contributed by atoms with Crippen molar-refractivity contribution in [2.24, 2.45) is 5.73 Å². The molecule has 1 saturated heterocycles. The predicted octanol–water partition coefficient (Wildman–Crippen LogP) is 2.67. The van der Waals surface area contributed by atoms with Gasteiger partial charge in [0.05, 0.1) is 11.7 Å². The minimum Gasteiger partial charge on any atom is -0.378 e. The quantitative estimate of drug-likeness (QED) is 0.908. The molecule has 0 bridgehead atoms. The summed E-state index contributed by atoms with van der Waals surface area (Å²) in [6.45, 7) is 0.663. The molecule has 1 aliphatic rings. The zero-order valence-electron chi connectivity index (χ0n) is 9.78. The van der Waals surface area contributed by atoms with Gasteiger partial charge in [-0.3, -0.25) is 4.98 Å². The molecule has 2 heterocycles. The van der Waals surface area contributed by atoms with Gasteiger partial charge >= 0.3 is 6.18 Å². The molecule has 2 atom stereocenters. The molecule has 1 aromatic rings. The molecular formula is C12H15F3N2O. The maximum atomic E-state index is 12.8. The highest BCUT2D eigenvalue weighted by atomic mass is 19.4. The van der Waals surface area contributed by atoms with Crippen molar-refractivity contribution in [3.8, 4) is 0 Å². The Balaban J connectivity index is 2.16. The van der Waals surface area contributed by atoms with Gasteiger partial charge in [-0.05, 0) is 30.9 Å². The van der Waals surface area contributed by atoms with Gasteiger partial charge in [-0.2, -0.15) is 13.2 Å². The van der Waals surface area contributed by atoms with Crippen molar-refractivity contribution < 1.29 is 17.9 Å². The second-order valence-corrected chi connectivity index (χ2v) is 4.44. The molecule has 1 aliphatic heterocycles. The van der Waals surface area contributed by atoms with Gasteiger partial charge < -0.3 is 10.5 Å². The lowest BCUT2D eigenvalue weighted by molar-refractivity contribution is -0.138. The molecule has 0 aliphatic carbocycles. The number of hydrogen-bond donors (Lipinski definition) is 1. The monoisotopic (exact) mass is 260 g/mol. The van der Waals surface area contributed by atoms with Gasteiger partial charge in [-0.25, -0.2) is 0 Å². The summed E-state index contributed by atoms with van der Waals surface area (Å²) in [6.07, 6.45) is 0.0851. The molecule has 0 spiro atoms. The van der Waals surface area contributed by atoms with E-state index in [0.717, 1.165) is 25.1 Å². The Morgan fingerprint density at radius 1 is 1.50 bits per heavy atom. The fourth-order valence-corrected chi connectivity index (χ4v) is 2.20. The second kappa shape index (κ2) is 5.24. The number of ether oxygens (including phenoxy) is 1. The molecule has 2 unspecified atom stereocenters. The Kier molecular flexibility index (Phi) is 3.87. The van der Waals surface area contributed by atoms with E-state index in [2.05, 4.69) is 4.98 Å². The standard InChI is InChI=1S/C12H15F3N2O/c13-12(14,15)10-3-4-17-7-9(10)11(16)6-8-2-1-5-18-8/h3-4,7-8,11H,1-2,5-6,16H2. The first-order valence-corrected chi connectivity index (χ1v) is 5.87. The second-order valence-electron chi connectivity index (χ2n) is 4.44. The van der Waals surface area contributed by atoms with E-state index >= 15 is 0 Å². The van der Waals surface area contributed by atoms with Crippen molar-refractivity contribution in [2.45, 2.75) is 37.6 Å². The van der Waals surface area contributed by atoms with E-state index in [-0.39, 0.29) is 11.7 Å². The summed E-state index contributed by atoms with van der Waals surface area (Å²) in [5.74, 6) is 0. The number of hydrogen-bond acceptors (Lipinski definition) is 3. The van der Waals surface area contributed by atoms with Crippen LogP contribution in [0.4, 0.5) is 13.2 Å². The zero-order chi connectivity index (χ0) is 13.2. The van der Waals surface area contributed by atoms with Gasteiger partial charge in [0.15, 0.2) is 0 Å². The predicted molar refractivity (Wildman–Crippen MR) is 59.8 cm³/mol. The third-order valence-electron chi connectivity index (χ3n) is 3.10. The first kappa shape index (κ1) is 13.3. The van der Waals surface area contributed by atoms with E-state index in [9.17, 15) is 13.2 Å². The summed E-state index contributed by atoms with van der Waals surface area (Å²) in [7, 11) is 0. The lowest BCUT2D eigenvalue weighted by atomic mass is 9.97. The van der Waals surface area contributed by atoms with Gasteiger partial charge in [-0.1, -0.05) is 0 Å². The van der Waals surface area contributed by atoms with Crippen molar-refractivity contribution >= 4 is 0 Å². The zero-order valence-corrected chi connectivity index (χ0v) is 9.78. The van der Waals surface area contributed by atoms with Crippen LogP contribution in [0.5, 0.6) is 0 Å². The van der Waals surface area contributed by atoms with Gasteiger partial charge in [0.1, 0.15) is 0 Å². The summed E-state index contributed by atoms with van der Waals surface area (Å²) in [4.78, 5) is 3.73. The molecule has 1 aromatic heterocycles. The lowest BCUT2D eigenvalue weighted by Gasteiger charge is -2.20. The summed E-state index contributed by atoms with van der Waals surface area (Å²) >= 11 is 0. The molecule has 1 fully saturated rings. The van der Waals surface area contributed by atoms with Crippen LogP contribution in [0.15, 0.2) is 18.5 Å². The van der Waals surface area contributed by atoms with Crippen molar-refractivity contribution in [1.82, 2.24) is 4.98 Å². The van der Waals surface area contributed by atoms with Crippen LogP contribution in [0.1, 0.15) is 36.4 Å². The summed E-state index contributed by atoms with van der Waals surface area (Å²) < 4.78 is 43.8. The van der Waals surface area contributed by atoms with Crippen LogP contribution < -0.4 is 5.73 Å². The largest absolute Gasteiger partial charge is 0.416 e. The first-order chi connectivity index (χ1) is 8.48. The molecule has 3 nitrogen and oxygen atoms in total. The number of aromatic nitrogens is 1. The average molecular weight is 260 g/mol. The normalized spacial score (nSPS) is 22.1. The maximum Gasteiger partial charge on any atom is 0.416 e. The van der Waals surface area contributed by atoms with E-state index in [1.165, 1.54) is 6.20 Å². The van der Waals surface area contributed by atoms with E-state index in [0.29, 0.717) is 13.0 Å². The van der Waals surface area contributed by atoms with E-state index in [4.69, 9.17) is 10.5 Å². The van der Waals surface area contributed by atoms with Gasteiger partial charge in [0, 0.05) is 25.0 Å². The topological polar surface area (TPSA) is 48.1 Å². The fraction of sp³-hybridized carbons (Fsp3) is 0.583. The SMILES string of the molecule is NC(CC1CCCO1)c1cnccc1C(F)(F)F. The average Bonchev–Trinajstić information content (AvgIpc) is 2.80. The van der Waals surface area contributed by atoms with E-state index < -0.39 is 17.8 Å². The molecule has 2 rings (SSSR count). The minimum atomic E-state index is -4.40. The Labute approximate surface area is 103 Å². The molecule has 0 radical (unpaired) electrons. The Bertz CT molecular complexity index is 403. The Morgan fingerprint density at radius 2 is 2.28 bits per heavy atom. The number of pyridine rings is 1. The molecule has 0 saturated carbocycles. The summed E-state index contributed by atoms with van der Waals surface area (Å²) in [5.41, 5.74) is 5.19. The summed E-state index contributed by atoms with van der Waals surface area (Å²) in [5, 5.41) is 0. The van der Waals surface area contributed by atoms with Crippen molar-refractivity contribution in [3.05, 3.63) is 29.6 Å². The smallest absolute Gasteiger partial charge is 0.378 e. The number of halogens is 3. The van der Waals surface area contributed by atoms with Crippen LogP contribution in [0.25, 0.3) is 0 Å². The highest BCUT2D eigenvalue weighted by Gasteiger charge is 2.35. The highest BCUT2D eigenvalue weighted by Crippen LogP contribution is 2.35. The molecule has 100 valence electrons.